The number of likely N-dealkylation sites (N-methyl/N-ethyl adjacent to an activating group) is 1. The number of carbonyl (C=O) groups is 2. The third-order valence-electron chi connectivity index (χ3n) is 5.00. The van der Waals surface area contributed by atoms with Gasteiger partial charge in [0.2, 0.25) is 5.82 Å². The first kappa shape index (κ1) is 20.1. The van der Waals surface area contributed by atoms with E-state index in [0.29, 0.717) is 24.6 Å². The molecule has 2 amide bonds. The van der Waals surface area contributed by atoms with Crippen molar-refractivity contribution in [2.45, 2.75) is 32.7 Å². The van der Waals surface area contributed by atoms with Crippen LogP contribution in [-0.2, 0) is 13.0 Å². The van der Waals surface area contributed by atoms with Gasteiger partial charge in [-0.3, -0.25) is 9.59 Å². The zero-order chi connectivity index (χ0) is 20.1. The molecule has 1 N–H and O–H groups in total. The summed E-state index contributed by atoms with van der Waals surface area (Å²) in [6.45, 7) is 4.51. The fraction of sp³-hybridized carbons (Fsp3) is 0.476. The lowest BCUT2D eigenvalue weighted by molar-refractivity contribution is 0.0945. The fourth-order valence-electron chi connectivity index (χ4n) is 3.54. The SMILES string of the molecule is CCN(C(=O)c1nc(C(=O)NCCN(C)C)c2n1CCCC2)c1ccccc1. The van der Waals surface area contributed by atoms with Gasteiger partial charge in [0.25, 0.3) is 11.8 Å². The molecule has 1 aromatic carbocycles. The fourth-order valence-corrected chi connectivity index (χ4v) is 3.54. The Kier molecular flexibility index (Phi) is 6.46. The van der Waals surface area contributed by atoms with Crippen LogP contribution in [-0.4, -0.2) is 60.0 Å². The van der Waals surface area contributed by atoms with Crippen LogP contribution in [0.25, 0.3) is 0 Å². The van der Waals surface area contributed by atoms with E-state index < -0.39 is 0 Å². The smallest absolute Gasteiger partial charge is 0.294 e. The van der Waals surface area contributed by atoms with Crippen LogP contribution in [0.2, 0.25) is 0 Å². The molecular weight excluding hydrogens is 354 g/mol. The molecule has 150 valence electrons. The lowest BCUT2D eigenvalue weighted by atomic mass is 10.1. The number of carbonyl (C=O) groups excluding carboxylic acids is 2. The summed E-state index contributed by atoms with van der Waals surface area (Å²) >= 11 is 0. The molecule has 7 nitrogen and oxygen atoms in total. The van der Waals surface area contributed by atoms with E-state index in [4.69, 9.17) is 0 Å². The molecule has 0 unspecified atom stereocenters. The molecule has 7 heteroatoms. The molecule has 0 bridgehead atoms. The van der Waals surface area contributed by atoms with Crippen molar-refractivity contribution in [2.24, 2.45) is 0 Å². The monoisotopic (exact) mass is 383 g/mol. The quantitative estimate of drug-likeness (QED) is 0.796. The molecule has 1 aliphatic rings. The van der Waals surface area contributed by atoms with Crippen LogP contribution in [0.4, 0.5) is 5.69 Å². The van der Waals surface area contributed by atoms with Crippen LogP contribution < -0.4 is 10.2 Å². The lowest BCUT2D eigenvalue weighted by Crippen LogP contribution is -2.33. The van der Waals surface area contributed by atoms with Crippen LogP contribution in [0.3, 0.4) is 0 Å². The van der Waals surface area contributed by atoms with E-state index in [0.717, 1.165) is 43.7 Å². The van der Waals surface area contributed by atoms with Crippen LogP contribution in [0.15, 0.2) is 30.3 Å². The third kappa shape index (κ3) is 4.25. The van der Waals surface area contributed by atoms with Gasteiger partial charge in [-0.2, -0.15) is 0 Å². The number of benzene rings is 1. The van der Waals surface area contributed by atoms with Crippen molar-refractivity contribution in [3.63, 3.8) is 0 Å². The molecule has 0 fully saturated rings. The number of nitrogens with one attached hydrogen (secondary N) is 1. The van der Waals surface area contributed by atoms with E-state index in [1.165, 1.54) is 0 Å². The zero-order valence-corrected chi connectivity index (χ0v) is 16.9. The first-order chi connectivity index (χ1) is 13.5. The Balaban J connectivity index is 1.90. The van der Waals surface area contributed by atoms with Gasteiger partial charge in [0.15, 0.2) is 0 Å². The van der Waals surface area contributed by atoms with Crippen molar-refractivity contribution in [2.75, 3.05) is 38.6 Å². The van der Waals surface area contributed by atoms with Gasteiger partial charge in [0.1, 0.15) is 5.69 Å². The number of fused-ring (bicyclic) bond motifs is 1. The predicted molar refractivity (Wildman–Crippen MR) is 110 cm³/mol. The summed E-state index contributed by atoms with van der Waals surface area (Å²) in [6, 6.07) is 9.58. The Bertz CT molecular complexity index is 829. The largest absolute Gasteiger partial charge is 0.349 e. The molecule has 0 aliphatic carbocycles. The van der Waals surface area contributed by atoms with Gasteiger partial charge in [-0.1, -0.05) is 18.2 Å². The molecule has 2 heterocycles. The molecule has 3 rings (SSSR count). The number of hydrogen-bond donors (Lipinski definition) is 1. The zero-order valence-electron chi connectivity index (χ0n) is 16.9. The average Bonchev–Trinajstić information content (AvgIpc) is 3.09. The normalized spacial score (nSPS) is 13.3. The minimum absolute atomic E-state index is 0.163. The molecule has 28 heavy (non-hydrogen) atoms. The van der Waals surface area contributed by atoms with Crippen LogP contribution in [0, 0.1) is 0 Å². The van der Waals surface area contributed by atoms with E-state index >= 15 is 0 Å². The van der Waals surface area contributed by atoms with Gasteiger partial charge in [-0.15, -0.1) is 0 Å². The van der Waals surface area contributed by atoms with Gasteiger partial charge in [0, 0.05) is 31.9 Å². The standard InChI is InChI=1S/C21H29N5O2/c1-4-25(16-10-6-5-7-11-16)21(28)19-23-18(17-12-8-9-14-26(17)19)20(27)22-13-15-24(2)3/h5-7,10-11H,4,8-9,12-15H2,1-3H3,(H,22,27). The molecule has 0 radical (unpaired) electrons. The minimum atomic E-state index is -0.200. The molecule has 0 saturated carbocycles. The predicted octanol–water partition coefficient (Wildman–Crippen LogP) is 2.18. The average molecular weight is 383 g/mol. The number of aromatic nitrogens is 2. The summed E-state index contributed by atoms with van der Waals surface area (Å²) < 4.78 is 1.94. The van der Waals surface area contributed by atoms with E-state index in [2.05, 4.69) is 10.3 Å². The highest BCUT2D eigenvalue weighted by molar-refractivity contribution is 6.05. The highest BCUT2D eigenvalue weighted by Gasteiger charge is 2.29. The number of anilines is 1. The maximum Gasteiger partial charge on any atom is 0.294 e. The molecule has 1 aliphatic heterocycles. The second-order valence-corrected chi connectivity index (χ2v) is 7.28. The van der Waals surface area contributed by atoms with E-state index in [1.807, 2.05) is 60.8 Å². The van der Waals surface area contributed by atoms with Gasteiger partial charge in [-0.05, 0) is 52.4 Å². The first-order valence-corrected chi connectivity index (χ1v) is 9.92. The summed E-state index contributed by atoms with van der Waals surface area (Å²) in [6.07, 6.45) is 2.77. The lowest BCUT2D eigenvalue weighted by Gasteiger charge is -2.22. The number of imidazole rings is 1. The molecular formula is C21H29N5O2. The number of rotatable bonds is 7. The van der Waals surface area contributed by atoms with Gasteiger partial charge in [0.05, 0.1) is 5.69 Å². The Morgan fingerprint density at radius 2 is 1.93 bits per heavy atom. The Labute approximate surface area is 166 Å². The molecule has 0 atom stereocenters. The van der Waals surface area contributed by atoms with E-state index in [-0.39, 0.29) is 11.8 Å². The summed E-state index contributed by atoms with van der Waals surface area (Å²) in [4.78, 5) is 34.3. The van der Waals surface area contributed by atoms with Crippen molar-refractivity contribution in [1.82, 2.24) is 19.8 Å². The molecule has 0 spiro atoms. The van der Waals surface area contributed by atoms with Crippen LogP contribution in [0.1, 0.15) is 46.6 Å². The Morgan fingerprint density at radius 1 is 1.18 bits per heavy atom. The molecule has 1 aromatic heterocycles. The topological polar surface area (TPSA) is 70.5 Å². The summed E-state index contributed by atoms with van der Waals surface area (Å²) in [7, 11) is 3.93. The van der Waals surface area contributed by atoms with E-state index in [9.17, 15) is 9.59 Å². The number of hydrogen-bond acceptors (Lipinski definition) is 4. The minimum Gasteiger partial charge on any atom is -0.349 e. The highest BCUT2D eigenvalue weighted by Crippen LogP contribution is 2.24. The van der Waals surface area contributed by atoms with Crippen molar-refractivity contribution in [3.05, 3.63) is 47.5 Å². The molecule has 2 aromatic rings. The maximum absolute atomic E-state index is 13.3. The summed E-state index contributed by atoms with van der Waals surface area (Å²) in [5, 5.41) is 2.93. The third-order valence-corrected chi connectivity index (χ3v) is 5.00. The van der Waals surface area contributed by atoms with Gasteiger partial charge in [-0.25, -0.2) is 4.98 Å². The summed E-state index contributed by atoms with van der Waals surface area (Å²) in [5.74, 6) is -0.00309. The van der Waals surface area contributed by atoms with Crippen LogP contribution in [0.5, 0.6) is 0 Å². The van der Waals surface area contributed by atoms with E-state index in [1.54, 1.807) is 4.90 Å². The van der Waals surface area contributed by atoms with Crippen LogP contribution >= 0.6 is 0 Å². The van der Waals surface area contributed by atoms with Gasteiger partial charge < -0.3 is 19.7 Å². The Morgan fingerprint density at radius 3 is 2.61 bits per heavy atom. The number of para-hydroxylation sites is 1. The number of nitrogens with zero attached hydrogens (tertiary/aromatic N) is 4. The maximum atomic E-state index is 13.3. The van der Waals surface area contributed by atoms with Crippen molar-refractivity contribution in [1.29, 1.82) is 0 Å². The van der Waals surface area contributed by atoms with Crippen molar-refractivity contribution < 1.29 is 9.59 Å². The number of amides is 2. The second kappa shape index (κ2) is 9.01. The van der Waals surface area contributed by atoms with Crippen molar-refractivity contribution in [3.8, 4) is 0 Å². The van der Waals surface area contributed by atoms with Crippen molar-refractivity contribution >= 4 is 17.5 Å². The highest BCUT2D eigenvalue weighted by atomic mass is 16.2. The summed E-state index contributed by atoms with van der Waals surface area (Å²) in [5.41, 5.74) is 2.10. The molecule has 0 saturated heterocycles. The first-order valence-electron chi connectivity index (χ1n) is 9.92. The Hall–Kier alpha value is -2.67. The second-order valence-electron chi connectivity index (χ2n) is 7.28. The van der Waals surface area contributed by atoms with Gasteiger partial charge >= 0.3 is 0 Å².